The number of anilines is 1. The lowest BCUT2D eigenvalue weighted by molar-refractivity contribution is 0.474. The van der Waals surface area contributed by atoms with Gasteiger partial charge in [-0.3, -0.25) is 4.99 Å². The zero-order valence-electron chi connectivity index (χ0n) is 18.5. The van der Waals surface area contributed by atoms with Gasteiger partial charge in [0.15, 0.2) is 0 Å². The first-order chi connectivity index (χ1) is 14.5. The van der Waals surface area contributed by atoms with E-state index in [9.17, 15) is 5.11 Å². The molecule has 0 aliphatic carbocycles. The first kappa shape index (κ1) is 21.6. The van der Waals surface area contributed by atoms with E-state index in [-0.39, 0.29) is 5.75 Å². The van der Waals surface area contributed by atoms with E-state index in [1.54, 1.807) is 6.07 Å². The van der Waals surface area contributed by atoms with Gasteiger partial charge in [0.1, 0.15) is 5.75 Å². The molecule has 0 aliphatic rings. The van der Waals surface area contributed by atoms with Crippen molar-refractivity contribution < 1.29 is 5.11 Å². The molecule has 0 saturated heterocycles. The first-order valence-electron chi connectivity index (χ1n) is 10.8. The van der Waals surface area contributed by atoms with Gasteiger partial charge in [-0.05, 0) is 78.6 Å². The quantitative estimate of drug-likeness (QED) is 0.356. The number of nitrogens with zero attached hydrogens (tertiary/aromatic N) is 1. The Morgan fingerprint density at radius 2 is 1.43 bits per heavy atom. The predicted molar refractivity (Wildman–Crippen MR) is 128 cm³/mol. The van der Waals surface area contributed by atoms with Crippen molar-refractivity contribution in [1.82, 2.24) is 0 Å². The molecule has 3 nitrogen and oxygen atoms in total. The number of benzene rings is 3. The van der Waals surface area contributed by atoms with Gasteiger partial charge in [-0.25, -0.2) is 0 Å². The Kier molecular flexibility index (Phi) is 6.94. The number of aliphatic imine (C=N–C) groups is 1. The maximum atomic E-state index is 10.1. The van der Waals surface area contributed by atoms with Gasteiger partial charge in [-0.2, -0.15) is 0 Å². The third-order valence-corrected chi connectivity index (χ3v) is 5.69. The summed E-state index contributed by atoms with van der Waals surface area (Å²) in [5, 5.41) is 10.1. The summed E-state index contributed by atoms with van der Waals surface area (Å²) in [4.78, 5) is 4.82. The van der Waals surface area contributed by atoms with Crippen LogP contribution in [0.2, 0.25) is 0 Å². The monoisotopic (exact) mass is 400 g/mol. The predicted octanol–water partition coefficient (Wildman–Crippen LogP) is 6.39. The lowest BCUT2D eigenvalue weighted by atomic mass is 9.95. The average Bonchev–Trinajstić information content (AvgIpc) is 2.76. The van der Waals surface area contributed by atoms with Crippen molar-refractivity contribution in [3.05, 3.63) is 88.0 Å². The van der Waals surface area contributed by atoms with Crippen LogP contribution in [0.15, 0.2) is 59.6 Å². The molecule has 0 aliphatic heterocycles. The molecule has 0 radical (unpaired) electrons. The van der Waals surface area contributed by atoms with E-state index in [1.807, 2.05) is 25.1 Å². The number of phenols is 1. The molecule has 0 aromatic heterocycles. The van der Waals surface area contributed by atoms with E-state index in [2.05, 4.69) is 51.1 Å². The van der Waals surface area contributed by atoms with Crippen molar-refractivity contribution in [1.29, 1.82) is 0 Å². The molecular formula is C27H32N2O. The van der Waals surface area contributed by atoms with Gasteiger partial charge in [0.2, 0.25) is 0 Å². The second-order valence-electron chi connectivity index (χ2n) is 7.74. The van der Waals surface area contributed by atoms with Crippen molar-refractivity contribution in [2.75, 3.05) is 5.73 Å². The maximum absolute atomic E-state index is 10.1. The summed E-state index contributed by atoms with van der Waals surface area (Å²) >= 11 is 0. The minimum atomic E-state index is 0.259. The van der Waals surface area contributed by atoms with Crippen molar-refractivity contribution in [3.63, 3.8) is 0 Å². The number of rotatable bonds is 7. The first-order valence-corrected chi connectivity index (χ1v) is 10.8. The number of nitrogens with two attached hydrogens (primary N) is 1. The van der Waals surface area contributed by atoms with Crippen LogP contribution in [0.5, 0.6) is 5.75 Å². The largest absolute Gasteiger partial charge is 0.507 e. The SMILES string of the molecule is CCc1cc(Cc2cc(CC)c(N)c(CC)c2)ccc1/N=C(\C)c1ccccc1O. The van der Waals surface area contributed by atoms with Crippen LogP contribution < -0.4 is 5.73 Å². The number of hydrogen-bond acceptors (Lipinski definition) is 3. The molecule has 0 heterocycles. The van der Waals surface area contributed by atoms with Crippen molar-refractivity contribution in [3.8, 4) is 5.75 Å². The van der Waals surface area contributed by atoms with Crippen molar-refractivity contribution in [2.45, 2.75) is 53.4 Å². The third kappa shape index (κ3) is 4.73. The van der Waals surface area contributed by atoms with E-state index >= 15 is 0 Å². The summed E-state index contributed by atoms with van der Waals surface area (Å²) in [7, 11) is 0. The van der Waals surface area contributed by atoms with Gasteiger partial charge in [-0.15, -0.1) is 0 Å². The van der Waals surface area contributed by atoms with Crippen LogP contribution in [-0.2, 0) is 25.7 Å². The van der Waals surface area contributed by atoms with Crippen LogP contribution >= 0.6 is 0 Å². The Labute approximate surface area is 180 Å². The Hall–Kier alpha value is -3.07. The molecule has 0 atom stereocenters. The third-order valence-electron chi connectivity index (χ3n) is 5.69. The minimum Gasteiger partial charge on any atom is -0.507 e. The normalized spacial score (nSPS) is 11.7. The molecule has 0 fully saturated rings. The maximum Gasteiger partial charge on any atom is 0.124 e. The second-order valence-corrected chi connectivity index (χ2v) is 7.74. The highest BCUT2D eigenvalue weighted by molar-refractivity contribution is 6.02. The van der Waals surface area contributed by atoms with E-state index in [0.29, 0.717) is 0 Å². The van der Waals surface area contributed by atoms with Gasteiger partial charge in [0, 0.05) is 17.0 Å². The lowest BCUT2D eigenvalue weighted by Gasteiger charge is -2.13. The number of nitrogen functional groups attached to an aromatic ring is 1. The molecule has 3 heteroatoms. The fourth-order valence-corrected chi connectivity index (χ4v) is 3.94. The summed E-state index contributed by atoms with van der Waals surface area (Å²) in [5.74, 6) is 0.259. The van der Waals surface area contributed by atoms with Crippen molar-refractivity contribution in [2.24, 2.45) is 4.99 Å². The van der Waals surface area contributed by atoms with Crippen LogP contribution in [0.4, 0.5) is 11.4 Å². The Morgan fingerprint density at radius 1 is 0.833 bits per heavy atom. The highest BCUT2D eigenvalue weighted by atomic mass is 16.3. The summed E-state index contributed by atoms with van der Waals surface area (Å²) in [6.45, 7) is 8.41. The number of phenolic OH excluding ortho intramolecular Hbond substituents is 1. The van der Waals surface area contributed by atoms with Crippen LogP contribution in [0.3, 0.4) is 0 Å². The Balaban J connectivity index is 1.91. The van der Waals surface area contributed by atoms with Crippen LogP contribution in [0.1, 0.15) is 61.1 Å². The number of hydrogen-bond donors (Lipinski definition) is 2. The molecule has 3 rings (SSSR count). The lowest BCUT2D eigenvalue weighted by Crippen LogP contribution is -2.02. The standard InChI is InChI=1S/C27H32N2O/c1-5-21-15-19(14-20-16-22(6-2)27(28)23(7-3)17-20)12-13-25(21)29-18(4)24-10-8-9-11-26(24)30/h8-13,15-17,30H,5-7,14,28H2,1-4H3/b29-18+. The van der Waals surface area contributed by atoms with Gasteiger partial charge in [-0.1, -0.05) is 57.2 Å². The average molecular weight is 401 g/mol. The Morgan fingerprint density at radius 3 is 2.03 bits per heavy atom. The molecule has 3 aromatic rings. The number of aromatic hydroxyl groups is 1. The molecule has 0 spiro atoms. The fraction of sp³-hybridized carbons (Fsp3) is 0.296. The zero-order chi connectivity index (χ0) is 21.7. The summed E-state index contributed by atoms with van der Waals surface area (Å²) in [6.07, 6.45) is 3.69. The molecule has 0 amide bonds. The molecule has 3 aromatic carbocycles. The molecular weight excluding hydrogens is 368 g/mol. The topological polar surface area (TPSA) is 58.6 Å². The van der Waals surface area contributed by atoms with Gasteiger partial charge < -0.3 is 10.8 Å². The van der Waals surface area contributed by atoms with E-state index < -0.39 is 0 Å². The highest BCUT2D eigenvalue weighted by Crippen LogP contribution is 2.27. The summed E-state index contributed by atoms with van der Waals surface area (Å²) < 4.78 is 0. The van der Waals surface area contributed by atoms with E-state index in [4.69, 9.17) is 10.7 Å². The van der Waals surface area contributed by atoms with Crippen molar-refractivity contribution >= 4 is 17.1 Å². The number of para-hydroxylation sites is 1. The van der Waals surface area contributed by atoms with Gasteiger partial charge in [0.05, 0.1) is 5.69 Å². The molecule has 0 saturated carbocycles. The van der Waals surface area contributed by atoms with E-state index in [0.717, 1.165) is 48.3 Å². The molecule has 30 heavy (non-hydrogen) atoms. The summed E-state index contributed by atoms with van der Waals surface area (Å²) in [6, 6.07) is 18.3. The smallest absolute Gasteiger partial charge is 0.124 e. The van der Waals surface area contributed by atoms with Gasteiger partial charge in [0.25, 0.3) is 0 Å². The minimum absolute atomic E-state index is 0.259. The van der Waals surface area contributed by atoms with Gasteiger partial charge >= 0.3 is 0 Å². The second kappa shape index (κ2) is 9.62. The van der Waals surface area contributed by atoms with E-state index in [1.165, 1.54) is 27.8 Å². The fourth-order valence-electron chi connectivity index (χ4n) is 3.94. The highest BCUT2D eigenvalue weighted by Gasteiger charge is 2.09. The number of aryl methyl sites for hydroxylation is 3. The molecule has 156 valence electrons. The molecule has 0 bridgehead atoms. The van der Waals surface area contributed by atoms with Crippen LogP contribution in [0, 0.1) is 0 Å². The van der Waals surface area contributed by atoms with Crippen LogP contribution in [-0.4, -0.2) is 10.8 Å². The van der Waals surface area contributed by atoms with Crippen LogP contribution in [0.25, 0.3) is 0 Å². The summed E-state index contributed by atoms with van der Waals surface area (Å²) in [5.41, 5.74) is 16.1. The molecule has 3 N–H and O–H groups in total. The molecule has 0 unspecified atom stereocenters. The Bertz CT molecular complexity index is 1040. The zero-order valence-corrected chi connectivity index (χ0v) is 18.5.